The van der Waals surface area contributed by atoms with Crippen molar-refractivity contribution in [2.45, 2.75) is 0 Å². The van der Waals surface area contributed by atoms with E-state index in [4.69, 9.17) is 0 Å². The summed E-state index contributed by atoms with van der Waals surface area (Å²) in [7, 11) is 0. The fourth-order valence-corrected chi connectivity index (χ4v) is 0.175. The molecule has 8 heavy (non-hydrogen) atoms. The zero-order valence-electron chi connectivity index (χ0n) is 4.13. The van der Waals surface area contributed by atoms with Crippen LogP contribution >= 0.6 is 0 Å². The van der Waals surface area contributed by atoms with Crippen LogP contribution in [0.25, 0.3) is 0 Å². The van der Waals surface area contributed by atoms with Gasteiger partial charge in [-0.2, -0.15) is 0 Å². The molecule has 0 rings (SSSR count). The van der Waals surface area contributed by atoms with Gasteiger partial charge in [0, 0.05) is 12.4 Å². The van der Waals surface area contributed by atoms with Gasteiger partial charge in [-0.1, -0.05) is 0 Å². The van der Waals surface area contributed by atoms with E-state index in [1.54, 1.807) is 0 Å². The molecule has 0 aromatic rings. The van der Waals surface area contributed by atoms with Crippen molar-refractivity contribution in [3.63, 3.8) is 0 Å². The van der Waals surface area contributed by atoms with E-state index >= 15 is 0 Å². The molecule has 0 aliphatic carbocycles. The van der Waals surface area contributed by atoms with E-state index in [9.17, 15) is 9.59 Å². The molecule has 0 heterocycles. The van der Waals surface area contributed by atoms with Crippen LogP contribution in [-0.2, 0) is 9.59 Å². The highest BCUT2D eigenvalue weighted by atomic mass is 16.1. The Kier molecular flexibility index (Phi) is 4.74. The third kappa shape index (κ3) is 4.68. The van der Waals surface area contributed by atoms with Crippen molar-refractivity contribution in [3.05, 3.63) is 12.4 Å². The molecule has 2 amide bonds. The minimum atomic E-state index is 0.503. The van der Waals surface area contributed by atoms with E-state index in [1.165, 1.54) is 12.4 Å². The molecule has 0 spiro atoms. The number of rotatable bonds is 4. The molecule has 2 N–H and O–H groups in total. The van der Waals surface area contributed by atoms with Crippen LogP contribution in [0.4, 0.5) is 0 Å². The number of hydrogen-bond acceptors (Lipinski definition) is 2. The molecule has 0 aliphatic heterocycles. The summed E-state index contributed by atoms with van der Waals surface area (Å²) in [5, 5.41) is 4.40. The Morgan fingerprint density at radius 3 is 1.50 bits per heavy atom. The third-order valence-corrected chi connectivity index (χ3v) is 0.412. The van der Waals surface area contributed by atoms with Crippen LogP contribution in [0.5, 0.6) is 0 Å². The SMILES string of the molecule is O=CN/C=C/NC=O. The number of hydrogen-bond donors (Lipinski definition) is 2. The highest BCUT2D eigenvalue weighted by Crippen LogP contribution is 1.51. The number of amides is 2. The molecule has 0 aliphatic rings. The van der Waals surface area contributed by atoms with E-state index < -0.39 is 0 Å². The molecular weight excluding hydrogens is 108 g/mol. The average molecular weight is 114 g/mol. The van der Waals surface area contributed by atoms with Gasteiger partial charge >= 0.3 is 0 Å². The van der Waals surface area contributed by atoms with Crippen molar-refractivity contribution < 1.29 is 9.59 Å². The maximum Gasteiger partial charge on any atom is 0.211 e. The Labute approximate surface area is 46.6 Å². The molecule has 0 saturated carbocycles. The second-order valence-electron chi connectivity index (χ2n) is 0.902. The van der Waals surface area contributed by atoms with Crippen molar-refractivity contribution in [1.29, 1.82) is 0 Å². The fourth-order valence-electron chi connectivity index (χ4n) is 0.175. The lowest BCUT2D eigenvalue weighted by molar-refractivity contribution is -0.109. The molecule has 44 valence electrons. The topological polar surface area (TPSA) is 58.2 Å². The number of nitrogens with one attached hydrogen (secondary N) is 2. The van der Waals surface area contributed by atoms with Gasteiger partial charge in [-0.3, -0.25) is 9.59 Å². The minimum absolute atomic E-state index is 0.503. The minimum Gasteiger partial charge on any atom is -0.334 e. The maximum absolute atomic E-state index is 9.49. The molecule has 0 aromatic carbocycles. The van der Waals surface area contributed by atoms with Gasteiger partial charge in [-0.05, 0) is 0 Å². The van der Waals surface area contributed by atoms with Gasteiger partial charge in [0.2, 0.25) is 12.8 Å². The largest absolute Gasteiger partial charge is 0.334 e. The Hall–Kier alpha value is -1.32. The Bertz CT molecular complexity index is 88.2. The summed E-state index contributed by atoms with van der Waals surface area (Å²) in [5.41, 5.74) is 0. The van der Waals surface area contributed by atoms with Crippen molar-refractivity contribution >= 4 is 12.8 Å². The lowest BCUT2D eigenvalue weighted by atomic mass is 10.9. The first-order valence-electron chi connectivity index (χ1n) is 1.96. The first-order chi connectivity index (χ1) is 3.91. The summed E-state index contributed by atoms with van der Waals surface area (Å²) in [6.45, 7) is 0. The van der Waals surface area contributed by atoms with Crippen molar-refractivity contribution in [2.75, 3.05) is 0 Å². The standard InChI is InChI=1S/C4H6N2O2/c7-3-5-1-2-6-4-8/h1-4H,(H,5,7)(H,6,8)/b2-1+. The summed E-state index contributed by atoms with van der Waals surface area (Å²) in [4.78, 5) is 19.0. The van der Waals surface area contributed by atoms with Crippen LogP contribution in [-0.4, -0.2) is 12.8 Å². The van der Waals surface area contributed by atoms with Gasteiger partial charge < -0.3 is 10.6 Å². The number of carbonyl (C=O) groups excluding carboxylic acids is 2. The summed E-state index contributed by atoms with van der Waals surface area (Å²) in [6.07, 6.45) is 3.62. The Morgan fingerprint density at radius 2 is 1.25 bits per heavy atom. The zero-order chi connectivity index (χ0) is 6.24. The first-order valence-corrected chi connectivity index (χ1v) is 1.96. The lowest BCUT2D eigenvalue weighted by Crippen LogP contribution is -2.04. The molecule has 0 bridgehead atoms. The zero-order valence-corrected chi connectivity index (χ0v) is 4.13. The van der Waals surface area contributed by atoms with Gasteiger partial charge in [0.25, 0.3) is 0 Å². The van der Waals surface area contributed by atoms with E-state index in [-0.39, 0.29) is 0 Å². The maximum atomic E-state index is 9.49. The molecule has 0 aromatic heterocycles. The Morgan fingerprint density at radius 1 is 0.875 bits per heavy atom. The van der Waals surface area contributed by atoms with Crippen molar-refractivity contribution in [2.24, 2.45) is 0 Å². The van der Waals surface area contributed by atoms with Gasteiger partial charge in [-0.15, -0.1) is 0 Å². The van der Waals surface area contributed by atoms with E-state index in [2.05, 4.69) is 10.6 Å². The molecule has 0 fully saturated rings. The fraction of sp³-hybridized carbons (Fsp3) is 0. The molecule has 0 atom stereocenters. The predicted molar refractivity (Wildman–Crippen MR) is 27.5 cm³/mol. The monoisotopic (exact) mass is 114 g/mol. The van der Waals surface area contributed by atoms with Crippen LogP contribution in [0.3, 0.4) is 0 Å². The molecule has 4 heteroatoms. The smallest absolute Gasteiger partial charge is 0.211 e. The molecule has 0 radical (unpaired) electrons. The summed E-state index contributed by atoms with van der Waals surface area (Å²) < 4.78 is 0. The summed E-state index contributed by atoms with van der Waals surface area (Å²) >= 11 is 0. The van der Waals surface area contributed by atoms with Gasteiger partial charge in [0.05, 0.1) is 0 Å². The number of carbonyl (C=O) groups is 2. The summed E-state index contributed by atoms with van der Waals surface area (Å²) in [5.74, 6) is 0. The molecular formula is C4H6N2O2. The quantitative estimate of drug-likeness (QED) is 0.458. The van der Waals surface area contributed by atoms with E-state index in [0.29, 0.717) is 12.8 Å². The lowest BCUT2D eigenvalue weighted by Gasteiger charge is -1.81. The van der Waals surface area contributed by atoms with Crippen molar-refractivity contribution in [1.82, 2.24) is 10.6 Å². The van der Waals surface area contributed by atoms with Gasteiger partial charge in [0.15, 0.2) is 0 Å². The normalized spacial score (nSPS) is 8.50. The van der Waals surface area contributed by atoms with Crippen LogP contribution in [0.1, 0.15) is 0 Å². The molecule has 0 saturated heterocycles. The highest BCUT2D eigenvalue weighted by Gasteiger charge is 1.64. The highest BCUT2D eigenvalue weighted by molar-refractivity contribution is 5.50. The second-order valence-corrected chi connectivity index (χ2v) is 0.902. The first kappa shape index (κ1) is 6.68. The van der Waals surface area contributed by atoms with Crippen LogP contribution in [0.2, 0.25) is 0 Å². The average Bonchev–Trinajstić information content (AvgIpc) is 1.81. The van der Waals surface area contributed by atoms with Crippen LogP contribution in [0, 0.1) is 0 Å². The van der Waals surface area contributed by atoms with Gasteiger partial charge in [-0.25, -0.2) is 0 Å². The van der Waals surface area contributed by atoms with E-state index in [0.717, 1.165) is 0 Å². The Balaban J connectivity index is 3.06. The molecule has 0 unspecified atom stereocenters. The second kappa shape index (κ2) is 5.68. The van der Waals surface area contributed by atoms with Crippen LogP contribution < -0.4 is 10.6 Å². The van der Waals surface area contributed by atoms with E-state index in [1.807, 2.05) is 0 Å². The predicted octanol–water partition coefficient (Wildman–Crippen LogP) is -1.05. The van der Waals surface area contributed by atoms with Crippen LogP contribution in [0.15, 0.2) is 12.4 Å². The summed E-state index contributed by atoms with van der Waals surface area (Å²) in [6, 6.07) is 0. The van der Waals surface area contributed by atoms with Crippen molar-refractivity contribution in [3.8, 4) is 0 Å². The van der Waals surface area contributed by atoms with Gasteiger partial charge in [0.1, 0.15) is 0 Å². The third-order valence-electron chi connectivity index (χ3n) is 0.412. The molecule has 4 nitrogen and oxygen atoms in total.